The average molecular weight is 248 g/mol. The zero-order valence-electron chi connectivity index (χ0n) is 10.2. The second-order valence-corrected chi connectivity index (χ2v) is 5.42. The van der Waals surface area contributed by atoms with Gasteiger partial charge in [0.05, 0.1) is 6.20 Å². The largest absolute Gasteiger partial charge is 0.311 e. The summed E-state index contributed by atoms with van der Waals surface area (Å²) in [6, 6.07) is 2.23. The number of carbonyl (C=O) groups excluding carboxylic acids is 1. The van der Waals surface area contributed by atoms with Crippen molar-refractivity contribution in [3.63, 3.8) is 0 Å². The summed E-state index contributed by atoms with van der Waals surface area (Å²) in [5.74, 6) is -0.347. The first-order chi connectivity index (χ1) is 8.72. The number of piperidine rings is 2. The molecule has 1 N–H and O–H groups in total. The van der Waals surface area contributed by atoms with Gasteiger partial charge in [0.1, 0.15) is 5.82 Å². The number of pyridine rings is 1. The van der Waals surface area contributed by atoms with Crippen molar-refractivity contribution in [2.75, 3.05) is 0 Å². The van der Waals surface area contributed by atoms with Gasteiger partial charge in [0, 0.05) is 29.8 Å². The highest BCUT2D eigenvalue weighted by molar-refractivity contribution is 5.97. The molecular weight excluding hydrogens is 231 g/mol. The van der Waals surface area contributed by atoms with E-state index in [0.717, 1.165) is 31.9 Å². The number of Topliss-reactive ketones (excluding diaryl/α,β-unsaturated/α-hetero) is 1. The summed E-state index contributed by atoms with van der Waals surface area (Å²) in [6.45, 7) is 0. The lowest BCUT2D eigenvalue weighted by molar-refractivity contribution is 0.0824. The molecule has 96 valence electrons. The van der Waals surface area contributed by atoms with E-state index in [-0.39, 0.29) is 11.7 Å². The fraction of sp³-hybridized carbons (Fsp3) is 0.571. The monoisotopic (exact) mass is 248 g/mol. The van der Waals surface area contributed by atoms with Crippen molar-refractivity contribution in [3.8, 4) is 0 Å². The van der Waals surface area contributed by atoms with Crippen LogP contribution >= 0.6 is 0 Å². The Morgan fingerprint density at radius 3 is 2.67 bits per heavy atom. The van der Waals surface area contributed by atoms with Crippen molar-refractivity contribution >= 4 is 5.78 Å². The average Bonchev–Trinajstić information content (AvgIpc) is 2.37. The highest BCUT2D eigenvalue weighted by Crippen LogP contribution is 2.31. The molecule has 2 atom stereocenters. The Kier molecular flexibility index (Phi) is 3.12. The maximum Gasteiger partial charge on any atom is 0.167 e. The molecule has 0 spiro atoms. The summed E-state index contributed by atoms with van der Waals surface area (Å²) in [7, 11) is 0. The van der Waals surface area contributed by atoms with Crippen molar-refractivity contribution in [2.24, 2.45) is 5.92 Å². The normalized spacial score (nSPS) is 31.1. The van der Waals surface area contributed by atoms with Crippen LogP contribution in [0.4, 0.5) is 4.39 Å². The molecule has 1 aromatic heterocycles. The van der Waals surface area contributed by atoms with Crippen molar-refractivity contribution in [3.05, 3.63) is 29.8 Å². The van der Waals surface area contributed by atoms with Gasteiger partial charge in [0.2, 0.25) is 0 Å². The minimum Gasteiger partial charge on any atom is -0.311 e. The maximum atomic E-state index is 13.1. The molecule has 0 aromatic carbocycles. The van der Waals surface area contributed by atoms with Gasteiger partial charge in [-0.15, -0.1) is 0 Å². The number of rotatable bonds is 2. The van der Waals surface area contributed by atoms with Crippen LogP contribution in [0.15, 0.2) is 18.5 Å². The first-order valence-corrected chi connectivity index (χ1v) is 6.63. The second-order valence-electron chi connectivity index (χ2n) is 5.42. The SMILES string of the molecule is O=C(c1cncc(F)c1)C1CC2CCCC(C1)N2. The Morgan fingerprint density at radius 1 is 1.28 bits per heavy atom. The third kappa shape index (κ3) is 2.29. The number of fused-ring (bicyclic) bond motifs is 2. The molecule has 4 heteroatoms. The van der Waals surface area contributed by atoms with E-state index in [1.807, 2.05) is 0 Å². The van der Waals surface area contributed by atoms with Gasteiger partial charge < -0.3 is 5.32 Å². The van der Waals surface area contributed by atoms with Crippen molar-refractivity contribution < 1.29 is 9.18 Å². The molecule has 2 saturated heterocycles. The molecule has 3 rings (SSSR count). The number of hydrogen-bond donors (Lipinski definition) is 1. The minimum atomic E-state index is -0.435. The third-order valence-electron chi connectivity index (χ3n) is 4.07. The van der Waals surface area contributed by atoms with Crippen molar-refractivity contribution in [1.29, 1.82) is 0 Å². The number of nitrogens with zero attached hydrogens (tertiary/aromatic N) is 1. The van der Waals surface area contributed by atoms with E-state index < -0.39 is 5.82 Å². The number of halogens is 1. The van der Waals surface area contributed by atoms with Crippen LogP contribution in [0.2, 0.25) is 0 Å². The lowest BCUT2D eigenvalue weighted by atomic mass is 9.77. The van der Waals surface area contributed by atoms with E-state index in [1.165, 1.54) is 18.7 Å². The molecule has 18 heavy (non-hydrogen) atoms. The van der Waals surface area contributed by atoms with Gasteiger partial charge in [-0.2, -0.15) is 0 Å². The van der Waals surface area contributed by atoms with Crippen LogP contribution in [-0.2, 0) is 0 Å². The molecule has 0 aliphatic carbocycles. The van der Waals surface area contributed by atoms with E-state index in [9.17, 15) is 9.18 Å². The summed E-state index contributed by atoms with van der Waals surface area (Å²) in [4.78, 5) is 16.1. The highest BCUT2D eigenvalue weighted by atomic mass is 19.1. The summed E-state index contributed by atoms with van der Waals surface area (Å²) in [5.41, 5.74) is 0.417. The topological polar surface area (TPSA) is 42.0 Å². The van der Waals surface area contributed by atoms with Crippen LogP contribution in [0.3, 0.4) is 0 Å². The summed E-state index contributed by atoms with van der Waals surface area (Å²) in [6.07, 6.45) is 7.93. The van der Waals surface area contributed by atoms with E-state index >= 15 is 0 Å². The molecule has 2 fully saturated rings. The Balaban J connectivity index is 1.76. The van der Waals surface area contributed by atoms with Gasteiger partial charge in [-0.1, -0.05) is 6.42 Å². The zero-order chi connectivity index (χ0) is 12.5. The lowest BCUT2D eigenvalue weighted by Gasteiger charge is -2.39. The number of hydrogen-bond acceptors (Lipinski definition) is 3. The van der Waals surface area contributed by atoms with Gasteiger partial charge in [0.25, 0.3) is 0 Å². The van der Waals surface area contributed by atoms with Crippen LogP contribution in [0.25, 0.3) is 0 Å². The number of ketones is 1. The Labute approximate surface area is 106 Å². The maximum absolute atomic E-state index is 13.1. The Hall–Kier alpha value is -1.29. The van der Waals surface area contributed by atoms with Gasteiger partial charge in [0.15, 0.2) is 5.78 Å². The summed E-state index contributed by atoms with van der Waals surface area (Å²) >= 11 is 0. The smallest absolute Gasteiger partial charge is 0.167 e. The first kappa shape index (κ1) is 11.8. The molecule has 3 heterocycles. The van der Waals surface area contributed by atoms with Gasteiger partial charge in [-0.3, -0.25) is 9.78 Å². The van der Waals surface area contributed by atoms with Crippen molar-refractivity contribution in [1.82, 2.24) is 10.3 Å². The van der Waals surface area contributed by atoms with E-state index in [1.54, 1.807) is 0 Å². The molecule has 2 aliphatic rings. The first-order valence-electron chi connectivity index (χ1n) is 6.63. The van der Waals surface area contributed by atoms with Crippen LogP contribution in [0, 0.1) is 11.7 Å². The third-order valence-corrected chi connectivity index (χ3v) is 4.07. The summed E-state index contributed by atoms with van der Waals surface area (Å²) in [5, 5.41) is 3.56. The molecule has 2 unspecified atom stereocenters. The van der Waals surface area contributed by atoms with Crippen LogP contribution in [-0.4, -0.2) is 22.9 Å². The van der Waals surface area contributed by atoms with E-state index in [0.29, 0.717) is 17.6 Å². The summed E-state index contributed by atoms with van der Waals surface area (Å²) < 4.78 is 13.1. The predicted octanol–water partition coefficient (Wildman–Crippen LogP) is 2.32. The van der Waals surface area contributed by atoms with Crippen LogP contribution in [0.1, 0.15) is 42.5 Å². The molecule has 0 saturated carbocycles. The molecule has 0 amide bonds. The molecule has 1 aromatic rings. The molecular formula is C14H17FN2O. The number of aromatic nitrogens is 1. The number of carbonyl (C=O) groups is 1. The Bertz CT molecular complexity index is 451. The molecule has 2 aliphatic heterocycles. The van der Waals surface area contributed by atoms with Crippen LogP contribution < -0.4 is 5.32 Å². The molecule has 0 radical (unpaired) electrons. The zero-order valence-corrected chi connectivity index (χ0v) is 10.2. The Morgan fingerprint density at radius 2 is 2.00 bits per heavy atom. The van der Waals surface area contributed by atoms with Crippen molar-refractivity contribution in [2.45, 2.75) is 44.2 Å². The fourth-order valence-electron chi connectivity index (χ4n) is 3.26. The van der Waals surface area contributed by atoms with E-state index in [4.69, 9.17) is 0 Å². The highest BCUT2D eigenvalue weighted by Gasteiger charge is 2.34. The predicted molar refractivity (Wildman–Crippen MR) is 65.8 cm³/mol. The molecule has 3 nitrogen and oxygen atoms in total. The minimum absolute atomic E-state index is 0.0325. The van der Waals surface area contributed by atoms with Gasteiger partial charge in [-0.05, 0) is 31.7 Å². The van der Waals surface area contributed by atoms with Crippen LogP contribution in [0.5, 0.6) is 0 Å². The quantitative estimate of drug-likeness (QED) is 0.817. The lowest BCUT2D eigenvalue weighted by Crippen LogP contribution is -2.50. The van der Waals surface area contributed by atoms with Gasteiger partial charge in [-0.25, -0.2) is 4.39 Å². The number of nitrogens with one attached hydrogen (secondary N) is 1. The van der Waals surface area contributed by atoms with Gasteiger partial charge >= 0.3 is 0 Å². The van der Waals surface area contributed by atoms with E-state index in [2.05, 4.69) is 10.3 Å². The molecule has 2 bridgehead atoms. The fourth-order valence-corrected chi connectivity index (χ4v) is 3.26. The second kappa shape index (κ2) is 4.76. The standard InChI is InChI=1S/C14H17FN2O/c15-11-4-10(7-16-8-11)14(18)9-5-12-2-1-3-13(6-9)17-12/h4,7-9,12-13,17H,1-3,5-6H2.